The van der Waals surface area contributed by atoms with Gasteiger partial charge in [0.25, 0.3) is 5.91 Å². The third-order valence-corrected chi connectivity index (χ3v) is 4.76. The van der Waals surface area contributed by atoms with Crippen LogP contribution < -0.4 is 10.2 Å². The van der Waals surface area contributed by atoms with Crippen molar-refractivity contribution in [3.63, 3.8) is 0 Å². The summed E-state index contributed by atoms with van der Waals surface area (Å²) in [6.07, 6.45) is 0. The molecule has 0 radical (unpaired) electrons. The largest absolute Gasteiger partial charge is 0.378 e. The lowest BCUT2D eigenvalue weighted by molar-refractivity contribution is 0.0945. The van der Waals surface area contributed by atoms with Crippen molar-refractivity contribution >= 4 is 33.4 Å². The number of para-hydroxylation sites is 2. The fraction of sp³-hybridized carbons (Fsp3) is 0.312. The normalized spacial score (nSPS) is 14.9. The Morgan fingerprint density at radius 2 is 2.12 bits per heavy atom. The predicted molar refractivity (Wildman–Crippen MR) is 92.4 cm³/mol. The number of amides is 1. The van der Waals surface area contributed by atoms with Crippen molar-refractivity contribution in [3.8, 4) is 0 Å². The first-order valence-corrected chi connectivity index (χ1v) is 8.67. The number of ether oxygens (including phenoxy) is 1. The average molecular weight is 343 g/mol. The molecule has 24 heavy (non-hydrogen) atoms. The number of aromatic amines is 1. The molecule has 1 aliphatic rings. The molecule has 3 heterocycles. The fourth-order valence-corrected chi connectivity index (χ4v) is 3.47. The van der Waals surface area contributed by atoms with Crippen LogP contribution in [0.5, 0.6) is 0 Å². The van der Waals surface area contributed by atoms with Crippen LogP contribution in [0.1, 0.15) is 16.3 Å². The van der Waals surface area contributed by atoms with E-state index in [1.54, 1.807) is 5.38 Å². The van der Waals surface area contributed by atoms with Crippen LogP contribution >= 0.6 is 11.3 Å². The Morgan fingerprint density at radius 3 is 2.96 bits per heavy atom. The van der Waals surface area contributed by atoms with Crippen molar-refractivity contribution in [2.75, 3.05) is 31.2 Å². The average Bonchev–Trinajstić information content (AvgIpc) is 3.27. The van der Waals surface area contributed by atoms with Crippen LogP contribution in [-0.4, -0.2) is 47.2 Å². The number of thiazole rings is 1. The van der Waals surface area contributed by atoms with E-state index in [0.717, 1.165) is 35.1 Å². The summed E-state index contributed by atoms with van der Waals surface area (Å²) in [6, 6.07) is 7.79. The van der Waals surface area contributed by atoms with Gasteiger partial charge in [-0.25, -0.2) is 9.97 Å². The summed E-state index contributed by atoms with van der Waals surface area (Å²) in [4.78, 5) is 26.5. The molecule has 2 N–H and O–H groups in total. The van der Waals surface area contributed by atoms with Crippen LogP contribution in [0.15, 0.2) is 29.6 Å². The van der Waals surface area contributed by atoms with Crippen molar-refractivity contribution in [1.29, 1.82) is 0 Å². The van der Waals surface area contributed by atoms with E-state index in [1.165, 1.54) is 11.3 Å². The van der Waals surface area contributed by atoms with E-state index in [-0.39, 0.29) is 5.91 Å². The lowest BCUT2D eigenvalue weighted by Crippen LogP contribution is -2.36. The molecular weight excluding hydrogens is 326 g/mol. The number of imidazole rings is 1. The van der Waals surface area contributed by atoms with Gasteiger partial charge in [0.15, 0.2) is 5.13 Å². The van der Waals surface area contributed by atoms with Gasteiger partial charge in [0.2, 0.25) is 0 Å². The van der Waals surface area contributed by atoms with Gasteiger partial charge >= 0.3 is 0 Å². The highest BCUT2D eigenvalue weighted by atomic mass is 32.1. The van der Waals surface area contributed by atoms with Crippen LogP contribution in [0.3, 0.4) is 0 Å². The molecule has 1 saturated heterocycles. The zero-order chi connectivity index (χ0) is 16.4. The quantitative estimate of drug-likeness (QED) is 0.754. The molecule has 0 spiro atoms. The van der Waals surface area contributed by atoms with Crippen LogP contribution in [0, 0.1) is 0 Å². The van der Waals surface area contributed by atoms with E-state index in [1.807, 2.05) is 24.3 Å². The van der Waals surface area contributed by atoms with Gasteiger partial charge in [-0.15, -0.1) is 11.3 Å². The topological polar surface area (TPSA) is 83.1 Å². The van der Waals surface area contributed by atoms with Gasteiger partial charge < -0.3 is 19.9 Å². The molecule has 1 fully saturated rings. The first kappa shape index (κ1) is 15.1. The van der Waals surface area contributed by atoms with Gasteiger partial charge in [0, 0.05) is 18.5 Å². The second-order valence-corrected chi connectivity index (χ2v) is 6.33. The van der Waals surface area contributed by atoms with Gasteiger partial charge in [-0.2, -0.15) is 0 Å². The summed E-state index contributed by atoms with van der Waals surface area (Å²) < 4.78 is 5.33. The number of carbonyl (C=O) groups excluding carboxylic acids is 1. The van der Waals surface area contributed by atoms with E-state index < -0.39 is 0 Å². The van der Waals surface area contributed by atoms with Crippen LogP contribution in [0.4, 0.5) is 5.13 Å². The number of aromatic nitrogens is 3. The number of H-pyrrole nitrogens is 1. The number of carbonyl (C=O) groups is 1. The zero-order valence-electron chi connectivity index (χ0n) is 13.0. The SMILES string of the molecule is O=C(NCc1nc2ccccc2[nH]1)c1csc(N2CCOCC2)n1. The molecule has 4 rings (SSSR count). The first-order valence-electron chi connectivity index (χ1n) is 7.79. The van der Waals surface area contributed by atoms with Crippen molar-refractivity contribution in [2.24, 2.45) is 0 Å². The minimum Gasteiger partial charge on any atom is -0.378 e. The molecule has 0 atom stereocenters. The second-order valence-electron chi connectivity index (χ2n) is 5.50. The Labute approximate surface area is 142 Å². The summed E-state index contributed by atoms with van der Waals surface area (Å²) in [7, 11) is 0. The third-order valence-electron chi connectivity index (χ3n) is 3.86. The van der Waals surface area contributed by atoms with Gasteiger partial charge in [0.1, 0.15) is 11.5 Å². The number of nitrogens with zero attached hydrogens (tertiary/aromatic N) is 3. The van der Waals surface area contributed by atoms with E-state index in [9.17, 15) is 4.79 Å². The predicted octanol–water partition coefficient (Wildman–Crippen LogP) is 1.79. The molecule has 1 amide bonds. The minimum atomic E-state index is -0.189. The number of morpholine rings is 1. The maximum atomic E-state index is 12.3. The number of hydrogen-bond acceptors (Lipinski definition) is 6. The van der Waals surface area contributed by atoms with Gasteiger partial charge in [-0.3, -0.25) is 4.79 Å². The lowest BCUT2D eigenvalue weighted by Gasteiger charge is -2.25. The van der Waals surface area contributed by atoms with E-state index in [4.69, 9.17) is 4.74 Å². The van der Waals surface area contributed by atoms with E-state index in [0.29, 0.717) is 25.5 Å². The molecular formula is C16H17N5O2S. The molecule has 1 aliphatic heterocycles. The third kappa shape index (κ3) is 3.10. The Bertz CT molecular complexity index is 820. The van der Waals surface area contributed by atoms with Gasteiger partial charge in [-0.1, -0.05) is 12.1 Å². The molecule has 0 saturated carbocycles. The number of nitrogens with one attached hydrogen (secondary N) is 2. The fourth-order valence-electron chi connectivity index (χ4n) is 2.61. The molecule has 0 bridgehead atoms. The highest BCUT2D eigenvalue weighted by molar-refractivity contribution is 7.13. The number of fused-ring (bicyclic) bond motifs is 1. The summed E-state index contributed by atoms with van der Waals surface area (Å²) in [5.74, 6) is 0.541. The summed E-state index contributed by atoms with van der Waals surface area (Å²) in [5.41, 5.74) is 2.30. The summed E-state index contributed by atoms with van der Waals surface area (Å²) in [5, 5.41) is 5.52. The van der Waals surface area contributed by atoms with Crippen LogP contribution in [0.25, 0.3) is 11.0 Å². The Hall–Kier alpha value is -2.45. The van der Waals surface area contributed by atoms with Crippen molar-refractivity contribution < 1.29 is 9.53 Å². The Kier molecular flexibility index (Phi) is 4.14. The number of benzene rings is 1. The second kappa shape index (κ2) is 6.58. The van der Waals surface area contributed by atoms with Crippen molar-refractivity contribution in [3.05, 3.63) is 41.2 Å². The zero-order valence-corrected chi connectivity index (χ0v) is 13.8. The van der Waals surface area contributed by atoms with Gasteiger partial charge in [-0.05, 0) is 12.1 Å². The molecule has 3 aromatic rings. The lowest BCUT2D eigenvalue weighted by atomic mass is 10.3. The van der Waals surface area contributed by atoms with Crippen molar-refractivity contribution in [1.82, 2.24) is 20.3 Å². The number of anilines is 1. The maximum absolute atomic E-state index is 12.3. The molecule has 8 heteroatoms. The van der Waals surface area contributed by atoms with Crippen LogP contribution in [0.2, 0.25) is 0 Å². The van der Waals surface area contributed by atoms with Crippen molar-refractivity contribution in [2.45, 2.75) is 6.54 Å². The molecule has 7 nitrogen and oxygen atoms in total. The standard InChI is InChI=1S/C16H17N5O2S/c22-15(13-10-24-16(20-13)21-5-7-23-8-6-21)17-9-14-18-11-3-1-2-4-12(11)19-14/h1-4,10H,5-9H2,(H,17,22)(H,18,19). The summed E-state index contributed by atoms with van der Waals surface area (Å²) in [6.45, 7) is 3.37. The van der Waals surface area contributed by atoms with Crippen LogP contribution in [-0.2, 0) is 11.3 Å². The van der Waals surface area contributed by atoms with Gasteiger partial charge in [0.05, 0.1) is 30.8 Å². The molecule has 124 valence electrons. The molecule has 2 aromatic heterocycles. The summed E-state index contributed by atoms with van der Waals surface area (Å²) >= 11 is 1.48. The Balaban J connectivity index is 1.39. The highest BCUT2D eigenvalue weighted by Gasteiger charge is 2.17. The minimum absolute atomic E-state index is 0.189. The monoisotopic (exact) mass is 343 g/mol. The van der Waals surface area contributed by atoms with E-state index in [2.05, 4.69) is 25.2 Å². The molecule has 0 aliphatic carbocycles. The van der Waals surface area contributed by atoms with E-state index >= 15 is 0 Å². The molecule has 1 aromatic carbocycles. The number of rotatable bonds is 4. The first-order chi connectivity index (χ1) is 11.8. The maximum Gasteiger partial charge on any atom is 0.271 e. The highest BCUT2D eigenvalue weighted by Crippen LogP contribution is 2.21. The Morgan fingerprint density at radius 1 is 1.29 bits per heavy atom. The smallest absolute Gasteiger partial charge is 0.271 e. The molecule has 0 unspecified atom stereocenters. The number of hydrogen-bond donors (Lipinski definition) is 2.